The van der Waals surface area contributed by atoms with Crippen molar-refractivity contribution >= 4 is 70.0 Å². The van der Waals surface area contributed by atoms with Gasteiger partial charge in [-0.05, 0) is 115 Å². The first-order valence-corrected chi connectivity index (χ1v) is 16.5. The topological polar surface area (TPSA) is 35.5 Å². The third kappa shape index (κ3) is 5.35. The van der Waals surface area contributed by atoms with Gasteiger partial charge in [-0.2, -0.15) is 0 Å². The number of methoxy groups -OCH3 is 1. The number of aryl methyl sites for hydroxylation is 2. The zero-order valence-electron chi connectivity index (χ0n) is 23.4. The standard InChI is InChI=1S/C35H32Br2O3S/c1-20-21(2)41-34-30(20)31(25-15-9-10-16-26(25)32(34)37)24-18-27(23-13-7-8-14-23)33(28(36)19-24)40-29(35(38)39-3)17-22-11-5-4-6-12-22/h4-6,9-12,15-16,18-19,23,29H,7-8,13-14,17H2,1-3H3/t29-/m1/s1. The zero-order valence-corrected chi connectivity index (χ0v) is 27.4. The number of ether oxygens (including phenoxy) is 2. The number of carbonyl (C=O) groups is 1. The van der Waals surface area contributed by atoms with Crippen molar-refractivity contribution in [2.24, 2.45) is 0 Å². The molecule has 0 spiro atoms. The largest absolute Gasteiger partial charge is 0.477 e. The lowest BCUT2D eigenvalue weighted by Gasteiger charge is -2.24. The molecule has 1 heterocycles. The lowest BCUT2D eigenvalue weighted by Crippen LogP contribution is -2.31. The molecule has 4 aromatic carbocycles. The summed E-state index contributed by atoms with van der Waals surface area (Å²) in [6.45, 7) is 4.44. The number of fused-ring (bicyclic) bond motifs is 2. The maximum Gasteiger partial charge on any atom is 0.347 e. The smallest absolute Gasteiger partial charge is 0.347 e. The van der Waals surface area contributed by atoms with Crippen molar-refractivity contribution in [1.82, 2.24) is 0 Å². The molecule has 1 aromatic heterocycles. The Morgan fingerprint density at radius 1 is 0.976 bits per heavy atom. The second kappa shape index (κ2) is 11.9. The summed E-state index contributed by atoms with van der Waals surface area (Å²) in [5.74, 6) is 0.758. The van der Waals surface area contributed by atoms with Crippen molar-refractivity contribution in [3.05, 3.63) is 97.2 Å². The van der Waals surface area contributed by atoms with Crippen molar-refractivity contribution in [3.8, 4) is 16.9 Å². The van der Waals surface area contributed by atoms with Gasteiger partial charge in [0.05, 0.1) is 16.3 Å². The Bertz CT molecular complexity index is 1750. The Morgan fingerprint density at radius 2 is 1.66 bits per heavy atom. The predicted octanol–water partition coefficient (Wildman–Crippen LogP) is 10.7. The van der Waals surface area contributed by atoms with E-state index in [1.807, 2.05) is 41.7 Å². The highest BCUT2D eigenvalue weighted by Crippen LogP contribution is 2.50. The van der Waals surface area contributed by atoms with Crippen LogP contribution in [0, 0.1) is 13.8 Å². The normalized spacial score (nSPS) is 14.6. The zero-order chi connectivity index (χ0) is 28.7. The molecule has 1 aliphatic carbocycles. The van der Waals surface area contributed by atoms with E-state index in [0.717, 1.165) is 33.1 Å². The van der Waals surface area contributed by atoms with Gasteiger partial charge in [-0.1, -0.05) is 67.4 Å². The summed E-state index contributed by atoms with van der Waals surface area (Å²) < 4.78 is 15.1. The van der Waals surface area contributed by atoms with E-state index in [4.69, 9.17) is 9.47 Å². The van der Waals surface area contributed by atoms with Crippen LogP contribution < -0.4 is 4.74 Å². The van der Waals surface area contributed by atoms with Gasteiger partial charge in [0.15, 0.2) is 6.10 Å². The Morgan fingerprint density at radius 3 is 2.37 bits per heavy atom. The molecule has 0 amide bonds. The third-order valence-electron chi connectivity index (χ3n) is 8.41. The summed E-state index contributed by atoms with van der Waals surface area (Å²) in [6, 6.07) is 23.1. The van der Waals surface area contributed by atoms with Gasteiger partial charge in [-0.3, -0.25) is 0 Å². The Labute approximate surface area is 262 Å². The predicted molar refractivity (Wildman–Crippen MR) is 177 cm³/mol. The van der Waals surface area contributed by atoms with Crippen molar-refractivity contribution in [2.75, 3.05) is 7.11 Å². The summed E-state index contributed by atoms with van der Waals surface area (Å²) in [5.41, 5.74) is 5.93. The van der Waals surface area contributed by atoms with Crippen LogP contribution in [0.2, 0.25) is 0 Å². The van der Waals surface area contributed by atoms with Gasteiger partial charge < -0.3 is 9.47 Å². The molecule has 1 atom stereocenters. The van der Waals surface area contributed by atoms with E-state index in [9.17, 15) is 4.79 Å². The van der Waals surface area contributed by atoms with Gasteiger partial charge in [0, 0.05) is 21.2 Å². The molecule has 6 heteroatoms. The molecular weight excluding hydrogens is 660 g/mol. The fourth-order valence-electron chi connectivity index (χ4n) is 6.23. The number of halogens is 2. The van der Waals surface area contributed by atoms with Gasteiger partial charge in [0.25, 0.3) is 0 Å². The second-order valence-corrected chi connectivity index (χ2v) is 13.8. The van der Waals surface area contributed by atoms with Crippen LogP contribution in [0.5, 0.6) is 5.75 Å². The molecule has 1 aliphatic rings. The van der Waals surface area contributed by atoms with E-state index in [1.165, 1.54) is 67.9 Å². The molecule has 0 bridgehead atoms. The summed E-state index contributed by atoms with van der Waals surface area (Å²) >= 11 is 9.70. The van der Waals surface area contributed by atoms with Crippen molar-refractivity contribution in [2.45, 2.75) is 58.0 Å². The average Bonchev–Trinajstić information content (AvgIpc) is 3.63. The van der Waals surface area contributed by atoms with Gasteiger partial charge in [0.1, 0.15) is 5.75 Å². The molecule has 1 saturated carbocycles. The number of esters is 1. The first-order chi connectivity index (χ1) is 19.9. The fraction of sp³-hybridized carbons (Fsp3) is 0.286. The number of hydrogen-bond donors (Lipinski definition) is 0. The van der Waals surface area contributed by atoms with Crippen LogP contribution >= 0.6 is 43.2 Å². The molecule has 0 radical (unpaired) electrons. The lowest BCUT2D eigenvalue weighted by atomic mass is 9.89. The highest BCUT2D eigenvalue weighted by Gasteiger charge is 2.29. The van der Waals surface area contributed by atoms with E-state index in [-0.39, 0.29) is 5.97 Å². The van der Waals surface area contributed by atoms with E-state index in [0.29, 0.717) is 12.3 Å². The van der Waals surface area contributed by atoms with E-state index in [2.05, 4.69) is 82.1 Å². The van der Waals surface area contributed by atoms with Crippen LogP contribution in [0.25, 0.3) is 32.0 Å². The quantitative estimate of drug-likeness (QED) is 0.159. The van der Waals surface area contributed by atoms with Gasteiger partial charge in [0.2, 0.25) is 0 Å². The number of benzene rings is 4. The van der Waals surface area contributed by atoms with Crippen LogP contribution in [0.15, 0.2) is 75.7 Å². The highest BCUT2D eigenvalue weighted by molar-refractivity contribution is 9.11. The number of thiophene rings is 1. The summed E-state index contributed by atoms with van der Waals surface area (Å²) in [4.78, 5) is 14.3. The van der Waals surface area contributed by atoms with Crippen molar-refractivity contribution in [1.29, 1.82) is 0 Å². The number of hydrogen-bond acceptors (Lipinski definition) is 4. The Kier molecular flexibility index (Phi) is 8.26. The number of rotatable bonds is 7. The van der Waals surface area contributed by atoms with Crippen LogP contribution in [0.1, 0.15) is 53.2 Å². The van der Waals surface area contributed by atoms with Gasteiger partial charge in [-0.25, -0.2) is 4.79 Å². The van der Waals surface area contributed by atoms with Crippen molar-refractivity contribution in [3.63, 3.8) is 0 Å². The maximum atomic E-state index is 13.0. The van der Waals surface area contributed by atoms with E-state index in [1.54, 1.807) is 0 Å². The molecule has 210 valence electrons. The molecule has 0 N–H and O–H groups in total. The summed E-state index contributed by atoms with van der Waals surface area (Å²) in [6.07, 6.45) is 4.32. The fourth-order valence-corrected chi connectivity index (χ4v) is 8.70. The monoisotopic (exact) mass is 690 g/mol. The van der Waals surface area contributed by atoms with Gasteiger partial charge in [-0.15, -0.1) is 11.3 Å². The molecule has 0 unspecified atom stereocenters. The van der Waals surface area contributed by atoms with E-state index < -0.39 is 6.10 Å². The van der Waals surface area contributed by atoms with Crippen LogP contribution in [-0.4, -0.2) is 19.2 Å². The maximum absolute atomic E-state index is 13.0. The third-order valence-corrected chi connectivity index (χ3v) is 11.3. The minimum absolute atomic E-state index is 0.368. The molecule has 0 saturated heterocycles. The minimum atomic E-state index is -0.744. The molecule has 5 aromatic rings. The Hall–Kier alpha value is -2.67. The second-order valence-electron chi connectivity index (χ2n) is 10.9. The molecule has 1 fully saturated rings. The SMILES string of the molecule is COC(=O)[C@@H](Cc1ccccc1)Oc1c(Br)cc(-c2c3ccccc3c(Br)c3sc(C)c(C)c23)cc1C1CCCC1. The average molecular weight is 693 g/mol. The highest BCUT2D eigenvalue weighted by atomic mass is 79.9. The van der Waals surface area contributed by atoms with Crippen LogP contribution in [0.4, 0.5) is 0 Å². The summed E-state index contributed by atoms with van der Waals surface area (Å²) in [7, 11) is 1.43. The molecule has 41 heavy (non-hydrogen) atoms. The molecule has 3 nitrogen and oxygen atoms in total. The van der Waals surface area contributed by atoms with Crippen molar-refractivity contribution < 1.29 is 14.3 Å². The number of carbonyl (C=O) groups excluding carboxylic acids is 1. The molecule has 6 rings (SSSR count). The Balaban J connectivity index is 1.55. The molecular formula is C35H32Br2O3S. The van der Waals surface area contributed by atoms with Crippen LogP contribution in [0.3, 0.4) is 0 Å². The first kappa shape index (κ1) is 28.4. The molecule has 0 aliphatic heterocycles. The van der Waals surface area contributed by atoms with Gasteiger partial charge >= 0.3 is 5.97 Å². The van der Waals surface area contributed by atoms with E-state index >= 15 is 0 Å². The summed E-state index contributed by atoms with van der Waals surface area (Å²) in [5, 5.41) is 3.73. The first-order valence-electron chi connectivity index (χ1n) is 14.1. The lowest BCUT2D eigenvalue weighted by molar-refractivity contribution is -0.148. The minimum Gasteiger partial charge on any atom is -0.477 e. The van der Waals surface area contributed by atoms with Crippen LogP contribution in [-0.2, 0) is 16.0 Å².